The molecule has 4 rings (SSSR count). The van der Waals surface area contributed by atoms with E-state index in [1.807, 2.05) is 12.1 Å². The van der Waals surface area contributed by atoms with Gasteiger partial charge in [0, 0.05) is 48.4 Å². The number of hydrogen-bond acceptors (Lipinski definition) is 8. The second-order valence-electron chi connectivity index (χ2n) is 11.4. The van der Waals surface area contributed by atoms with Crippen LogP contribution in [-0.4, -0.2) is 64.5 Å². The molecule has 2 N–H and O–H groups in total. The van der Waals surface area contributed by atoms with Crippen LogP contribution in [0.5, 0.6) is 5.75 Å². The van der Waals surface area contributed by atoms with E-state index in [-0.39, 0.29) is 37.5 Å². The van der Waals surface area contributed by atoms with Crippen LogP contribution >= 0.6 is 11.3 Å². The van der Waals surface area contributed by atoms with Crippen molar-refractivity contribution in [2.75, 3.05) is 13.1 Å². The molecule has 3 atom stereocenters. The topological polar surface area (TPSA) is 111 Å². The van der Waals surface area contributed by atoms with E-state index in [1.54, 1.807) is 26.2 Å². The number of carbonyl (C=O) groups excluding carboxylic acids is 3. The molecule has 2 aliphatic heterocycles. The van der Waals surface area contributed by atoms with Crippen LogP contribution in [0.4, 0.5) is 0 Å². The third-order valence-electron chi connectivity index (χ3n) is 6.74. The van der Waals surface area contributed by atoms with Crippen LogP contribution in [0.2, 0.25) is 0 Å². The smallest absolute Gasteiger partial charge is 0.306 e. The highest BCUT2D eigenvalue weighted by molar-refractivity contribution is 7.10. The highest BCUT2D eigenvalue weighted by Crippen LogP contribution is 2.34. The Morgan fingerprint density at radius 3 is 2.44 bits per heavy atom. The van der Waals surface area contributed by atoms with E-state index in [1.165, 1.54) is 21.8 Å². The summed E-state index contributed by atoms with van der Waals surface area (Å²) in [5.74, 6) is -0.571. The van der Waals surface area contributed by atoms with Gasteiger partial charge in [0.2, 0.25) is 5.91 Å². The fourth-order valence-corrected chi connectivity index (χ4v) is 6.10. The number of primary amides is 1. The lowest BCUT2D eigenvalue weighted by molar-refractivity contribution is -0.155. The van der Waals surface area contributed by atoms with Gasteiger partial charge in [-0.25, -0.2) is 0 Å². The first-order chi connectivity index (χ1) is 18.4. The molecule has 0 saturated carbocycles. The third kappa shape index (κ3) is 7.58. The molecule has 1 aromatic carbocycles. The molecule has 2 aliphatic rings. The fraction of sp³-hybridized carbons (Fsp3) is 0.552. The van der Waals surface area contributed by atoms with Crippen molar-refractivity contribution in [3.8, 4) is 5.75 Å². The lowest BCUT2D eigenvalue weighted by Crippen LogP contribution is -2.45. The number of nitrogens with two attached hydrogens (primary N) is 1. The van der Waals surface area contributed by atoms with Gasteiger partial charge < -0.3 is 24.8 Å². The number of nitrogens with zero attached hydrogens (tertiary/aromatic N) is 2. The van der Waals surface area contributed by atoms with E-state index >= 15 is 0 Å². The zero-order chi connectivity index (χ0) is 28.3. The maximum Gasteiger partial charge on any atom is 0.306 e. The predicted octanol–water partition coefficient (Wildman–Crippen LogP) is 3.87. The first kappa shape index (κ1) is 29.0. The van der Waals surface area contributed by atoms with Crippen molar-refractivity contribution in [1.82, 2.24) is 9.80 Å². The molecule has 1 saturated heterocycles. The molecule has 3 heterocycles. The van der Waals surface area contributed by atoms with Crippen LogP contribution in [0.15, 0.2) is 29.6 Å². The van der Waals surface area contributed by atoms with Crippen LogP contribution in [0.25, 0.3) is 0 Å². The molecule has 9 nitrogen and oxygen atoms in total. The maximum absolute atomic E-state index is 13.1. The highest BCUT2D eigenvalue weighted by Gasteiger charge is 2.38. The summed E-state index contributed by atoms with van der Waals surface area (Å²) in [5, 5.41) is 1.80. The Bertz CT molecular complexity index is 1180. The zero-order valence-electron chi connectivity index (χ0n) is 23.4. The maximum atomic E-state index is 13.1. The SMILES string of the molecule is C[C@H]1CN(Cc2ccc(OCc3scc4c3CN([C@@H](CCC(=O)OC(C)(C)C)C(N)=O)C4=O)cc2)C[C@H](C)O1. The number of ether oxygens (including phenoxy) is 3. The predicted molar refractivity (Wildman–Crippen MR) is 148 cm³/mol. The van der Waals surface area contributed by atoms with Crippen LogP contribution in [-0.2, 0) is 38.8 Å². The van der Waals surface area contributed by atoms with Crippen molar-refractivity contribution in [2.45, 2.75) is 91.0 Å². The van der Waals surface area contributed by atoms with Crippen LogP contribution in [0, 0.1) is 0 Å². The average molecular weight is 558 g/mol. The second kappa shape index (κ2) is 12.1. The van der Waals surface area contributed by atoms with E-state index < -0.39 is 23.5 Å². The molecule has 1 fully saturated rings. The van der Waals surface area contributed by atoms with Gasteiger partial charge in [0.25, 0.3) is 5.91 Å². The molecule has 39 heavy (non-hydrogen) atoms. The first-order valence-electron chi connectivity index (χ1n) is 13.4. The van der Waals surface area contributed by atoms with Crippen LogP contribution in [0.1, 0.15) is 73.8 Å². The summed E-state index contributed by atoms with van der Waals surface area (Å²) in [6.07, 6.45) is 0.575. The Kier molecular flexibility index (Phi) is 8.98. The number of hydrogen-bond donors (Lipinski definition) is 1. The molecule has 212 valence electrons. The van der Waals surface area contributed by atoms with Gasteiger partial charge >= 0.3 is 5.97 Å². The monoisotopic (exact) mass is 557 g/mol. The average Bonchev–Trinajstić information content (AvgIpc) is 3.37. The minimum atomic E-state index is -0.888. The number of rotatable bonds is 10. The largest absolute Gasteiger partial charge is 0.488 e. The van der Waals surface area contributed by atoms with Crippen molar-refractivity contribution in [3.63, 3.8) is 0 Å². The van der Waals surface area contributed by atoms with E-state index in [4.69, 9.17) is 19.9 Å². The third-order valence-corrected chi connectivity index (χ3v) is 7.74. The van der Waals surface area contributed by atoms with Gasteiger partial charge in [0.05, 0.1) is 17.8 Å². The van der Waals surface area contributed by atoms with E-state index in [9.17, 15) is 14.4 Å². The summed E-state index contributed by atoms with van der Waals surface area (Å²) in [6, 6.07) is 7.20. The number of benzene rings is 1. The molecule has 1 aromatic heterocycles. The second-order valence-corrected chi connectivity index (χ2v) is 12.4. The summed E-state index contributed by atoms with van der Waals surface area (Å²) in [6.45, 7) is 12.8. The molecule has 0 unspecified atom stereocenters. The minimum absolute atomic E-state index is 0.00292. The lowest BCUT2D eigenvalue weighted by Gasteiger charge is -2.35. The number of carbonyl (C=O) groups is 3. The van der Waals surface area contributed by atoms with Gasteiger partial charge in [0.1, 0.15) is 24.0 Å². The molecule has 0 spiro atoms. The number of morpholine rings is 1. The molecular weight excluding hydrogens is 518 g/mol. The van der Waals surface area contributed by atoms with Crippen LogP contribution < -0.4 is 10.5 Å². The van der Waals surface area contributed by atoms with Crippen LogP contribution in [0.3, 0.4) is 0 Å². The number of fused-ring (bicyclic) bond motifs is 1. The van der Waals surface area contributed by atoms with E-state index in [0.717, 1.165) is 35.8 Å². The summed E-state index contributed by atoms with van der Waals surface area (Å²) in [4.78, 5) is 42.3. The molecule has 2 amide bonds. The van der Waals surface area contributed by atoms with Crippen molar-refractivity contribution < 1.29 is 28.6 Å². The quantitative estimate of drug-likeness (QED) is 0.442. The van der Waals surface area contributed by atoms with Gasteiger partial charge in [0.15, 0.2) is 0 Å². The van der Waals surface area contributed by atoms with Crippen molar-refractivity contribution in [2.24, 2.45) is 5.73 Å². The zero-order valence-corrected chi connectivity index (χ0v) is 24.2. The fourth-order valence-electron chi connectivity index (χ4n) is 5.16. The summed E-state index contributed by atoms with van der Waals surface area (Å²) in [7, 11) is 0. The Labute approximate surface area is 234 Å². The number of thiophene rings is 1. The number of amides is 2. The summed E-state index contributed by atoms with van der Waals surface area (Å²) >= 11 is 1.47. The Hall–Kier alpha value is -2.95. The van der Waals surface area contributed by atoms with Gasteiger partial charge in [-0.3, -0.25) is 19.3 Å². The highest BCUT2D eigenvalue weighted by atomic mass is 32.1. The van der Waals surface area contributed by atoms with E-state index in [2.05, 4.69) is 30.9 Å². The van der Waals surface area contributed by atoms with Gasteiger partial charge in [-0.1, -0.05) is 12.1 Å². The Balaban J connectivity index is 1.33. The standard InChI is InChI=1S/C29H39N3O6S/c1-18-12-31(13-19(2)37-18)14-20-6-8-21(9-7-20)36-16-25-22-15-32(28(35)23(22)17-39-25)24(27(30)34)10-11-26(33)38-29(3,4)5/h6-9,17-19,24H,10-16H2,1-5H3,(H2,30,34)/t18-,19-,24-/m0/s1. The number of esters is 1. The van der Waals surface area contributed by atoms with Crippen molar-refractivity contribution >= 4 is 29.1 Å². The van der Waals surface area contributed by atoms with Gasteiger partial charge in [-0.05, 0) is 58.7 Å². The molecule has 0 bridgehead atoms. The molecule has 0 aliphatic carbocycles. The van der Waals surface area contributed by atoms with Gasteiger partial charge in [-0.15, -0.1) is 11.3 Å². The lowest BCUT2D eigenvalue weighted by atomic mass is 10.1. The first-order valence-corrected chi connectivity index (χ1v) is 14.3. The van der Waals surface area contributed by atoms with E-state index in [0.29, 0.717) is 12.2 Å². The molecule has 2 aromatic rings. The van der Waals surface area contributed by atoms with Gasteiger partial charge in [-0.2, -0.15) is 0 Å². The molecule has 10 heteroatoms. The normalized spacial score (nSPS) is 20.5. The Morgan fingerprint density at radius 2 is 1.82 bits per heavy atom. The summed E-state index contributed by atoms with van der Waals surface area (Å²) < 4.78 is 17.2. The Morgan fingerprint density at radius 1 is 1.15 bits per heavy atom. The molecule has 0 radical (unpaired) electrons. The minimum Gasteiger partial charge on any atom is -0.488 e. The molecular formula is C29H39N3O6S. The van der Waals surface area contributed by atoms with Crippen molar-refractivity contribution in [1.29, 1.82) is 0 Å². The van der Waals surface area contributed by atoms with Crippen molar-refractivity contribution in [3.05, 3.63) is 51.2 Å². The summed E-state index contributed by atoms with van der Waals surface area (Å²) in [5.41, 5.74) is 7.64.